The summed E-state index contributed by atoms with van der Waals surface area (Å²) in [6.45, 7) is 0.311. The molecule has 4 amide bonds. The predicted octanol–water partition coefficient (Wildman–Crippen LogP) is 4.84. The van der Waals surface area contributed by atoms with Crippen LogP contribution in [0.1, 0.15) is 11.1 Å². The summed E-state index contributed by atoms with van der Waals surface area (Å²) in [7, 11) is 1.47. The molecule has 172 valence electrons. The van der Waals surface area contributed by atoms with E-state index in [9.17, 15) is 18.8 Å². The molecule has 1 fully saturated rings. The first-order valence-corrected chi connectivity index (χ1v) is 10.9. The summed E-state index contributed by atoms with van der Waals surface area (Å²) < 4.78 is 25.2. The van der Waals surface area contributed by atoms with E-state index in [1.807, 2.05) is 30.3 Å². The number of imide groups is 2. The molecular formula is C25H18BrFN2O5. The number of urea groups is 1. The third-order valence-electron chi connectivity index (χ3n) is 4.98. The first kappa shape index (κ1) is 23.2. The first-order chi connectivity index (χ1) is 16.4. The number of rotatable bonds is 6. The number of methoxy groups -OCH3 is 1. The smallest absolute Gasteiger partial charge is 0.335 e. The zero-order valence-corrected chi connectivity index (χ0v) is 19.5. The Balaban J connectivity index is 1.64. The quantitative estimate of drug-likeness (QED) is 0.368. The zero-order chi connectivity index (χ0) is 24.2. The highest BCUT2D eigenvalue weighted by Gasteiger charge is 2.36. The summed E-state index contributed by atoms with van der Waals surface area (Å²) >= 11 is 3.45. The second-order valence-corrected chi connectivity index (χ2v) is 8.10. The molecule has 1 aliphatic rings. The van der Waals surface area contributed by atoms with Crippen molar-refractivity contribution < 1.29 is 28.2 Å². The molecule has 0 aromatic heterocycles. The second-order valence-electron chi connectivity index (χ2n) is 7.24. The van der Waals surface area contributed by atoms with Gasteiger partial charge in [0.05, 0.1) is 17.3 Å². The summed E-state index contributed by atoms with van der Waals surface area (Å²) in [5.41, 5.74) is 1.29. The Labute approximate surface area is 202 Å². The molecule has 4 rings (SSSR count). The van der Waals surface area contributed by atoms with Gasteiger partial charge in [-0.3, -0.25) is 14.9 Å². The molecule has 0 unspecified atom stereocenters. The van der Waals surface area contributed by atoms with Gasteiger partial charge in [-0.1, -0.05) is 30.3 Å². The molecule has 7 nitrogen and oxygen atoms in total. The predicted molar refractivity (Wildman–Crippen MR) is 127 cm³/mol. The molecule has 3 aromatic rings. The van der Waals surface area contributed by atoms with E-state index in [0.717, 1.165) is 22.6 Å². The number of hydrogen-bond acceptors (Lipinski definition) is 5. The van der Waals surface area contributed by atoms with Crippen LogP contribution in [0.2, 0.25) is 0 Å². The molecular weight excluding hydrogens is 507 g/mol. The molecule has 0 atom stereocenters. The lowest BCUT2D eigenvalue weighted by Crippen LogP contribution is -2.54. The van der Waals surface area contributed by atoms with Gasteiger partial charge in [0.25, 0.3) is 11.8 Å². The van der Waals surface area contributed by atoms with Gasteiger partial charge in [0, 0.05) is 0 Å². The van der Waals surface area contributed by atoms with Gasteiger partial charge in [0.15, 0.2) is 11.5 Å². The Morgan fingerprint density at radius 1 is 1.03 bits per heavy atom. The van der Waals surface area contributed by atoms with Gasteiger partial charge < -0.3 is 9.47 Å². The molecule has 3 aromatic carbocycles. The Hall–Kier alpha value is -3.98. The van der Waals surface area contributed by atoms with Crippen LogP contribution in [0.5, 0.6) is 11.5 Å². The van der Waals surface area contributed by atoms with Gasteiger partial charge in [0.2, 0.25) is 0 Å². The highest BCUT2D eigenvalue weighted by molar-refractivity contribution is 9.10. The van der Waals surface area contributed by atoms with Crippen LogP contribution < -0.4 is 19.7 Å². The van der Waals surface area contributed by atoms with Gasteiger partial charge in [-0.05, 0) is 69.5 Å². The maximum Gasteiger partial charge on any atom is 0.335 e. The van der Waals surface area contributed by atoms with Gasteiger partial charge in [0.1, 0.15) is 18.0 Å². The third kappa shape index (κ3) is 4.84. The lowest BCUT2D eigenvalue weighted by atomic mass is 10.1. The molecule has 34 heavy (non-hydrogen) atoms. The number of carbonyl (C=O) groups is 3. The van der Waals surface area contributed by atoms with Crippen molar-refractivity contribution in [2.45, 2.75) is 6.61 Å². The number of nitrogens with one attached hydrogen (secondary N) is 1. The molecule has 9 heteroatoms. The van der Waals surface area contributed by atoms with Crippen molar-refractivity contribution in [1.29, 1.82) is 0 Å². The Bertz CT molecular complexity index is 1290. The van der Waals surface area contributed by atoms with Crippen molar-refractivity contribution in [2.75, 3.05) is 12.0 Å². The summed E-state index contributed by atoms with van der Waals surface area (Å²) in [6.07, 6.45) is 1.34. The largest absolute Gasteiger partial charge is 0.493 e. The third-order valence-corrected chi connectivity index (χ3v) is 5.56. The molecule has 0 bridgehead atoms. The van der Waals surface area contributed by atoms with Gasteiger partial charge in [-0.25, -0.2) is 14.1 Å². The van der Waals surface area contributed by atoms with Crippen LogP contribution >= 0.6 is 15.9 Å². The minimum atomic E-state index is -0.915. The maximum absolute atomic E-state index is 13.3. The molecule has 1 heterocycles. The van der Waals surface area contributed by atoms with Crippen molar-refractivity contribution in [3.63, 3.8) is 0 Å². The van der Waals surface area contributed by atoms with E-state index in [-0.39, 0.29) is 11.3 Å². The second kappa shape index (κ2) is 9.88. The Morgan fingerprint density at radius 2 is 1.74 bits per heavy atom. The van der Waals surface area contributed by atoms with Gasteiger partial charge in [-0.2, -0.15) is 0 Å². The number of carbonyl (C=O) groups excluding carboxylic acids is 3. The van der Waals surface area contributed by atoms with Crippen LogP contribution in [0.4, 0.5) is 14.9 Å². The van der Waals surface area contributed by atoms with Crippen molar-refractivity contribution in [2.24, 2.45) is 0 Å². The summed E-state index contributed by atoms with van der Waals surface area (Å²) in [4.78, 5) is 38.5. The number of ether oxygens (including phenoxy) is 2. The maximum atomic E-state index is 13.3. The van der Waals surface area contributed by atoms with Crippen LogP contribution in [-0.2, 0) is 16.2 Å². The van der Waals surface area contributed by atoms with E-state index in [1.165, 1.54) is 25.3 Å². The van der Waals surface area contributed by atoms with E-state index in [4.69, 9.17) is 9.47 Å². The monoisotopic (exact) mass is 524 g/mol. The molecule has 1 saturated heterocycles. The highest BCUT2D eigenvalue weighted by atomic mass is 79.9. The SMILES string of the molecule is COc1cc(/C=C2\C(=O)NC(=O)N(c3ccc(F)cc3)C2=O)cc(Br)c1OCc1ccccc1. The standard InChI is InChI=1S/C25H18BrFN2O5/c1-33-21-13-16(12-20(26)22(21)34-14-15-5-3-2-4-6-15)11-19-23(30)28-25(32)29(24(19)31)18-9-7-17(27)8-10-18/h2-13H,14H2,1H3,(H,28,30,32)/b19-11+. The molecule has 1 aliphatic heterocycles. The fourth-order valence-corrected chi connectivity index (χ4v) is 3.92. The molecule has 0 aliphatic carbocycles. The van der Waals surface area contributed by atoms with Crippen molar-refractivity contribution in [3.05, 3.63) is 93.7 Å². The average Bonchev–Trinajstić information content (AvgIpc) is 2.82. The highest BCUT2D eigenvalue weighted by Crippen LogP contribution is 2.38. The van der Waals surface area contributed by atoms with Crippen LogP contribution in [-0.4, -0.2) is 25.0 Å². The fourth-order valence-electron chi connectivity index (χ4n) is 3.34. The van der Waals surface area contributed by atoms with Crippen LogP contribution in [0.25, 0.3) is 6.08 Å². The van der Waals surface area contributed by atoms with E-state index in [1.54, 1.807) is 12.1 Å². The van der Waals surface area contributed by atoms with Crippen molar-refractivity contribution in [1.82, 2.24) is 5.32 Å². The van der Waals surface area contributed by atoms with Gasteiger partial charge in [-0.15, -0.1) is 0 Å². The lowest BCUT2D eigenvalue weighted by Gasteiger charge is -2.26. The zero-order valence-electron chi connectivity index (χ0n) is 17.9. The number of halogens is 2. The molecule has 0 saturated carbocycles. The number of benzene rings is 3. The molecule has 0 radical (unpaired) electrons. The van der Waals surface area contributed by atoms with Crippen molar-refractivity contribution in [3.8, 4) is 11.5 Å². The Kier molecular flexibility index (Phi) is 6.74. The summed E-state index contributed by atoms with van der Waals surface area (Å²) in [5.74, 6) is -1.36. The van der Waals surface area contributed by atoms with Crippen LogP contribution in [0.15, 0.2) is 76.8 Å². The van der Waals surface area contributed by atoms with Crippen molar-refractivity contribution >= 4 is 45.5 Å². The van der Waals surface area contributed by atoms with E-state index < -0.39 is 23.7 Å². The van der Waals surface area contributed by atoms with Crippen LogP contribution in [0, 0.1) is 5.82 Å². The normalized spacial score (nSPS) is 14.9. The van der Waals surface area contributed by atoms with E-state index in [0.29, 0.717) is 28.1 Å². The minimum Gasteiger partial charge on any atom is -0.493 e. The molecule has 0 spiro atoms. The number of anilines is 1. The Morgan fingerprint density at radius 3 is 2.41 bits per heavy atom. The number of amides is 4. The van der Waals surface area contributed by atoms with Crippen LogP contribution in [0.3, 0.4) is 0 Å². The first-order valence-electron chi connectivity index (χ1n) is 10.1. The van der Waals surface area contributed by atoms with E-state index >= 15 is 0 Å². The average molecular weight is 525 g/mol. The molecule has 1 N–H and O–H groups in total. The van der Waals surface area contributed by atoms with Gasteiger partial charge >= 0.3 is 6.03 Å². The number of barbiturate groups is 1. The minimum absolute atomic E-state index is 0.130. The number of hydrogen-bond donors (Lipinski definition) is 1. The van der Waals surface area contributed by atoms with E-state index in [2.05, 4.69) is 21.2 Å². The summed E-state index contributed by atoms with van der Waals surface area (Å²) in [6, 6.07) is 16.7. The topological polar surface area (TPSA) is 84.9 Å². The fraction of sp³-hybridized carbons (Fsp3) is 0.0800. The lowest BCUT2D eigenvalue weighted by molar-refractivity contribution is -0.122. The number of nitrogens with zero attached hydrogens (tertiary/aromatic N) is 1. The summed E-state index contributed by atoms with van der Waals surface area (Å²) in [5, 5.41) is 2.13.